The molecule has 0 spiro atoms. The topological polar surface area (TPSA) is 38.3 Å². The summed E-state index contributed by atoms with van der Waals surface area (Å²) in [6, 6.07) is 9.69. The molecule has 33 heavy (non-hydrogen) atoms. The Hall–Kier alpha value is -1.35. The van der Waals surface area contributed by atoms with Crippen LogP contribution in [0.25, 0.3) is 0 Å². The van der Waals surface area contributed by atoms with Crippen molar-refractivity contribution >= 4 is 5.91 Å². The fourth-order valence-electron chi connectivity index (χ4n) is 8.69. The van der Waals surface area contributed by atoms with Crippen LogP contribution in [0, 0.1) is 46.8 Å². The number of hydrogen-bond donors (Lipinski definition) is 1. The quantitative estimate of drug-likeness (QED) is 0.522. The highest BCUT2D eigenvalue weighted by Crippen LogP contribution is 2.64. The number of nitrogens with one attached hydrogen (secondary N) is 1. The summed E-state index contributed by atoms with van der Waals surface area (Å²) in [5.74, 6) is 6.26. The van der Waals surface area contributed by atoms with Crippen molar-refractivity contribution in [3.63, 3.8) is 0 Å². The zero-order valence-electron chi connectivity index (χ0n) is 21.5. The summed E-state index contributed by atoms with van der Waals surface area (Å²) < 4.78 is 5.49. The minimum Gasteiger partial charge on any atom is -0.384 e. The molecule has 5 rings (SSSR count). The first-order valence-electron chi connectivity index (χ1n) is 13.9. The molecule has 4 aliphatic rings. The van der Waals surface area contributed by atoms with E-state index in [2.05, 4.69) is 12.2 Å². The largest absolute Gasteiger partial charge is 0.384 e. The maximum absolute atomic E-state index is 12.6. The first kappa shape index (κ1) is 24.8. The van der Waals surface area contributed by atoms with Gasteiger partial charge in [0, 0.05) is 25.8 Å². The predicted molar refractivity (Wildman–Crippen MR) is 136 cm³/mol. The van der Waals surface area contributed by atoms with Crippen molar-refractivity contribution in [1.29, 1.82) is 0 Å². The lowest BCUT2D eigenvalue weighted by atomic mass is 9.49. The van der Waals surface area contributed by atoms with E-state index >= 15 is 0 Å². The third-order valence-corrected chi connectivity index (χ3v) is 10.2. The average Bonchev–Trinajstić information content (AvgIpc) is 3.20. The highest BCUT2D eigenvalue weighted by Gasteiger charge is 2.56. The first-order valence-corrected chi connectivity index (χ1v) is 13.9. The molecule has 1 N–H and O–H groups in total. The molecule has 1 aromatic rings. The lowest BCUT2D eigenvalue weighted by Crippen LogP contribution is -2.49. The molecule has 0 heterocycles. The van der Waals surface area contributed by atoms with Crippen LogP contribution in [0.4, 0.5) is 0 Å². The van der Waals surface area contributed by atoms with E-state index in [9.17, 15) is 4.79 Å². The van der Waals surface area contributed by atoms with Crippen molar-refractivity contribution in [2.75, 3.05) is 20.3 Å². The Kier molecular flexibility index (Phi) is 8.20. The summed E-state index contributed by atoms with van der Waals surface area (Å²) in [5, 5.41) is 3.28. The molecular weight excluding hydrogens is 406 g/mol. The van der Waals surface area contributed by atoms with E-state index in [0.29, 0.717) is 11.3 Å². The predicted octanol–water partition coefficient (Wildman–Crippen LogP) is 6.97. The van der Waals surface area contributed by atoms with Gasteiger partial charge in [0.25, 0.3) is 5.91 Å². The Morgan fingerprint density at radius 3 is 2.48 bits per heavy atom. The maximum Gasteiger partial charge on any atom is 0.251 e. The summed E-state index contributed by atoms with van der Waals surface area (Å²) in [6.07, 6.45) is 12.6. The van der Waals surface area contributed by atoms with E-state index in [-0.39, 0.29) is 5.91 Å². The van der Waals surface area contributed by atoms with Crippen molar-refractivity contribution in [3.05, 3.63) is 35.9 Å². The molecule has 4 aliphatic carbocycles. The molecule has 4 saturated carbocycles. The van der Waals surface area contributed by atoms with Gasteiger partial charge in [-0.1, -0.05) is 39.0 Å². The minimum absolute atomic E-state index is 0.0923. The second-order valence-corrected chi connectivity index (χ2v) is 11.5. The summed E-state index contributed by atoms with van der Waals surface area (Å²) in [7, 11) is 1.86. The standard InChI is InChI=1S/C28H41NO2.C2H6/c1-28-15-14-24-23-11-8-19(18-31-2)16-21(23)9-12-25(24)26(28)13-10-22(28)17-29-27(30)20-6-4-3-5-7-20;1-2/h3-7,19,21-26H,8-18H2,1-2H3,(H,29,30);1-2H3/t19-,21?,22?,23-,24?,25?,26?,28?;/m0./s1. The molecule has 0 bridgehead atoms. The van der Waals surface area contributed by atoms with Gasteiger partial charge in [0.05, 0.1) is 0 Å². The van der Waals surface area contributed by atoms with Gasteiger partial charge >= 0.3 is 0 Å². The molecule has 0 saturated heterocycles. The van der Waals surface area contributed by atoms with E-state index in [1.807, 2.05) is 51.3 Å². The smallest absolute Gasteiger partial charge is 0.251 e. The fourth-order valence-corrected chi connectivity index (χ4v) is 8.69. The van der Waals surface area contributed by atoms with Crippen LogP contribution in [0.3, 0.4) is 0 Å². The molecule has 3 nitrogen and oxygen atoms in total. The number of benzene rings is 1. The van der Waals surface area contributed by atoms with Crippen molar-refractivity contribution in [1.82, 2.24) is 5.32 Å². The Labute approximate surface area is 202 Å². The van der Waals surface area contributed by atoms with Gasteiger partial charge in [-0.25, -0.2) is 0 Å². The molecule has 0 aliphatic heterocycles. The molecule has 1 amide bonds. The van der Waals surface area contributed by atoms with Gasteiger partial charge in [0.1, 0.15) is 0 Å². The highest BCUT2D eigenvalue weighted by atomic mass is 16.5. The summed E-state index contributed by atoms with van der Waals surface area (Å²) in [6.45, 7) is 8.39. The van der Waals surface area contributed by atoms with Gasteiger partial charge in [-0.15, -0.1) is 0 Å². The number of hydrogen-bond acceptors (Lipinski definition) is 2. The summed E-state index contributed by atoms with van der Waals surface area (Å²) in [5.41, 5.74) is 1.21. The van der Waals surface area contributed by atoms with Gasteiger partial charge in [-0.2, -0.15) is 0 Å². The third-order valence-electron chi connectivity index (χ3n) is 10.2. The van der Waals surface area contributed by atoms with E-state index in [4.69, 9.17) is 4.74 Å². The maximum atomic E-state index is 12.6. The monoisotopic (exact) mass is 453 g/mol. The molecule has 1 aromatic carbocycles. The zero-order chi connectivity index (χ0) is 23.4. The third kappa shape index (κ3) is 4.90. The normalized spacial score (nSPS) is 39.3. The number of carbonyl (C=O) groups excluding carboxylic acids is 1. The number of ether oxygens (including phenoxy) is 1. The molecule has 6 unspecified atom stereocenters. The minimum atomic E-state index is 0.0923. The second-order valence-electron chi connectivity index (χ2n) is 11.5. The summed E-state index contributed by atoms with van der Waals surface area (Å²) in [4.78, 5) is 12.6. The summed E-state index contributed by atoms with van der Waals surface area (Å²) >= 11 is 0. The van der Waals surface area contributed by atoms with Crippen LogP contribution in [0.15, 0.2) is 30.3 Å². The lowest BCUT2D eigenvalue weighted by Gasteiger charge is -2.56. The van der Waals surface area contributed by atoms with Gasteiger partial charge in [0.2, 0.25) is 0 Å². The van der Waals surface area contributed by atoms with Crippen molar-refractivity contribution in [2.45, 2.75) is 78.6 Å². The van der Waals surface area contributed by atoms with Crippen LogP contribution >= 0.6 is 0 Å². The van der Waals surface area contributed by atoms with E-state index in [1.54, 1.807) is 0 Å². The van der Waals surface area contributed by atoms with Gasteiger partial charge in [0.15, 0.2) is 0 Å². The molecular formula is C30H47NO2. The Morgan fingerprint density at radius 1 is 0.970 bits per heavy atom. The van der Waals surface area contributed by atoms with Crippen LogP contribution in [-0.4, -0.2) is 26.2 Å². The number of carbonyl (C=O) groups is 1. The Morgan fingerprint density at radius 2 is 1.73 bits per heavy atom. The van der Waals surface area contributed by atoms with Crippen LogP contribution in [0.5, 0.6) is 0 Å². The number of rotatable bonds is 5. The molecule has 8 atom stereocenters. The number of methoxy groups -OCH3 is 1. The molecule has 0 radical (unpaired) electrons. The molecule has 4 fully saturated rings. The Balaban J connectivity index is 0.00000126. The van der Waals surface area contributed by atoms with E-state index in [1.165, 1.54) is 57.8 Å². The Bertz CT molecular complexity index is 764. The van der Waals surface area contributed by atoms with Crippen molar-refractivity contribution in [2.24, 2.45) is 46.8 Å². The highest BCUT2D eigenvalue weighted by molar-refractivity contribution is 5.94. The SMILES string of the molecule is CC.COC[C@H]1CC[C@H]2C(CCC3C2CCC2(C)C(CNC(=O)c4ccccc4)CCC32)C1. The van der Waals surface area contributed by atoms with Crippen LogP contribution in [0.1, 0.15) is 88.9 Å². The van der Waals surface area contributed by atoms with Crippen molar-refractivity contribution < 1.29 is 9.53 Å². The number of amides is 1. The number of fused-ring (bicyclic) bond motifs is 5. The van der Waals surface area contributed by atoms with Gasteiger partial charge < -0.3 is 10.1 Å². The lowest BCUT2D eigenvalue weighted by molar-refractivity contribution is -0.0712. The van der Waals surface area contributed by atoms with Gasteiger partial charge in [-0.3, -0.25) is 4.79 Å². The van der Waals surface area contributed by atoms with Crippen molar-refractivity contribution in [3.8, 4) is 0 Å². The van der Waals surface area contributed by atoms with E-state index in [0.717, 1.165) is 54.2 Å². The van der Waals surface area contributed by atoms with Crippen LogP contribution in [0.2, 0.25) is 0 Å². The van der Waals surface area contributed by atoms with Crippen LogP contribution in [-0.2, 0) is 4.74 Å². The average molecular weight is 454 g/mol. The van der Waals surface area contributed by atoms with Crippen LogP contribution < -0.4 is 5.32 Å². The van der Waals surface area contributed by atoms with Gasteiger partial charge in [-0.05, 0) is 117 Å². The molecule has 184 valence electrons. The second kappa shape index (κ2) is 10.9. The zero-order valence-corrected chi connectivity index (χ0v) is 21.5. The molecule has 0 aromatic heterocycles. The molecule has 3 heteroatoms. The van der Waals surface area contributed by atoms with E-state index < -0.39 is 0 Å². The fraction of sp³-hybridized carbons (Fsp3) is 0.767. The first-order chi connectivity index (χ1) is 16.1.